The molecule has 2 aromatic rings. The molecule has 1 aliphatic heterocycles. The highest BCUT2D eigenvalue weighted by molar-refractivity contribution is 5.98. The van der Waals surface area contributed by atoms with E-state index in [2.05, 4.69) is 10.3 Å². The van der Waals surface area contributed by atoms with Crippen molar-refractivity contribution in [1.29, 1.82) is 0 Å². The first-order valence-corrected chi connectivity index (χ1v) is 12.1. The van der Waals surface area contributed by atoms with Gasteiger partial charge in [0, 0.05) is 24.8 Å². The van der Waals surface area contributed by atoms with Crippen molar-refractivity contribution < 1.29 is 46.8 Å². The van der Waals surface area contributed by atoms with E-state index in [1.165, 1.54) is 31.5 Å². The number of halogens is 3. The second-order valence-corrected chi connectivity index (χ2v) is 8.91. The molecule has 9 nitrogen and oxygen atoms in total. The Morgan fingerprint density at radius 1 is 1.21 bits per heavy atom. The minimum atomic E-state index is -4.44. The van der Waals surface area contributed by atoms with Crippen LogP contribution in [0, 0.1) is 5.92 Å². The average Bonchev–Trinajstić information content (AvgIpc) is 2.92. The molecule has 0 radical (unpaired) electrons. The number of hydrogen-bond donors (Lipinski definition) is 2. The van der Waals surface area contributed by atoms with Gasteiger partial charge >= 0.3 is 12.1 Å². The van der Waals surface area contributed by atoms with Crippen molar-refractivity contribution in [2.45, 2.75) is 51.1 Å². The van der Waals surface area contributed by atoms with E-state index in [1.807, 2.05) is 6.92 Å². The molecule has 1 aromatic carbocycles. The maximum Gasteiger partial charge on any atom is 0.416 e. The zero-order chi connectivity index (χ0) is 27.9. The van der Waals surface area contributed by atoms with Crippen molar-refractivity contribution in [1.82, 2.24) is 10.3 Å². The van der Waals surface area contributed by atoms with E-state index in [-0.39, 0.29) is 30.6 Å². The number of benzene rings is 1. The highest BCUT2D eigenvalue weighted by Crippen LogP contribution is 2.30. The van der Waals surface area contributed by atoms with Gasteiger partial charge in [-0.2, -0.15) is 13.2 Å². The molecule has 0 saturated carbocycles. The van der Waals surface area contributed by atoms with Crippen molar-refractivity contribution in [2.75, 3.05) is 26.9 Å². The fraction of sp³-hybridized carbons (Fsp3) is 0.500. The molecule has 1 aliphatic rings. The number of aromatic hydroxyl groups is 1. The first-order valence-electron chi connectivity index (χ1n) is 12.1. The molecule has 208 valence electrons. The number of rotatable bonds is 8. The number of carbonyl (C=O) groups excluding carboxylic acids is 2. The number of methoxy groups -OCH3 is 1. The molecule has 1 fully saturated rings. The summed E-state index contributed by atoms with van der Waals surface area (Å²) in [5, 5.41) is 12.7. The van der Waals surface area contributed by atoms with Crippen LogP contribution in [-0.2, 0) is 31.6 Å². The summed E-state index contributed by atoms with van der Waals surface area (Å²) >= 11 is 0. The molecule has 2 N–H and O–H groups in total. The molecule has 0 aliphatic carbocycles. The molecule has 1 amide bonds. The lowest BCUT2D eigenvalue weighted by Crippen LogP contribution is -2.46. The van der Waals surface area contributed by atoms with Crippen molar-refractivity contribution in [3.8, 4) is 11.5 Å². The van der Waals surface area contributed by atoms with Gasteiger partial charge < -0.3 is 29.4 Å². The quantitative estimate of drug-likeness (QED) is 0.489. The molecule has 3 rings (SSSR count). The van der Waals surface area contributed by atoms with E-state index < -0.39 is 47.6 Å². The highest BCUT2D eigenvalue weighted by Gasteiger charge is 2.36. The van der Waals surface area contributed by atoms with Gasteiger partial charge in [0.15, 0.2) is 23.2 Å². The maximum atomic E-state index is 13.0. The third-order valence-electron chi connectivity index (χ3n) is 6.05. The van der Waals surface area contributed by atoms with Crippen LogP contribution in [0.15, 0.2) is 36.5 Å². The lowest BCUT2D eigenvalue weighted by atomic mass is 9.91. The largest absolute Gasteiger partial charge is 0.503 e. The Balaban J connectivity index is 1.78. The molecule has 0 spiro atoms. The van der Waals surface area contributed by atoms with Gasteiger partial charge in [-0.1, -0.05) is 19.1 Å². The maximum absolute atomic E-state index is 13.0. The van der Waals surface area contributed by atoms with Crippen LogP contribution in [0.2, 0.25) is 0 Å². The number of ether oxygens (including phenoxy) is 4. The van der Waals surface area contributed by atoms with Gasteiger partial charge in [-0.3, -0.25) is 4.79 Å². The SMILES string of the molecule is CCCOC1C(Cc2ccc(C(F)(F)F)cc2)COCC(NC(=O)c2nccc(OC)c2O)C(=O)OC1C. The number of pyridine rings is 1. The second kappa shape index (κ2) is 12.9. The molecule has 0 bridgehead atoms. The summed E-state index contributed by atoms with van der Waals surface area (Å²) in [5.41, 5.74) is -0.448. The van der Waals surface area contributed by atoms with E-state index >= 15 is 0 Å². The van der Waals surface area contributed by atoms with Crippen LogP contribution in [0.25, 0.3) is 0 Å². The van der Waals surface area contributed by atoms with Gasteiger partial charge in [0.2, 0.25) is 0 Å². The summed E-state index contributed by atoms with van der Waals surface area (Å²) in [6.45, 7) is 3.78. The number of amides is 1. The van der Waals surface area contributed by atoms with Crippen LogP contribution in [0.3, 0.4) is 0 Å². The molecule has 38 heavy (non-hydrogen) atoms. The van der Waals surface area contributed by atoms with Crippen molar-refractivity contribution in [2.24, 2.45) is 5.92 Å². The zero-order valence-corrected chi connectivity index (χ0v) is 21.3. The fourth-order valence-corrected chi connectivity index (χ4v) is 4.14. The monoisotopic (exact) mass is 540 g/mol. The standard InChI is InChI=1S/C26H31F3N2O7/c1-4-11-37-23-15(2)38-25(34)19(31-24(33)21-22(32)20(35-3)9-10-30-21)14-36-13-17(23)12-16-5-7-18(8-6-16)26(27,28)29/h5-10,15,17,19,23,32H,4,11-14H2,1-3H3,(H,31,33). The molecule has 4 atom stereocenters. The molecule has 2 heterocycles. The number of carbonyl (C=O) groups is 2. The molecule has 4 unspecified atom stereocenters. The van der Waals surface area contributed by atoms with Crippen molar-refractivity contribution in [3.63, 3.8) is 0 Å². The summed E-state index contributed by atoms with van der Waals surface area (Å²) in [4.78, 5) is 29.6. The minimum absolute atomic E-state index is 0.0362. The topological polar surface area (TPSA) is 116 Å². The van der Waals surface area contributed by atoms with E-state index in [4.69, 9.17) is 18.9 Å². The summed E-state index contributed by atoms with van der Waals surface area (Å²) in [5.74, 6) is -2.41. The van der Waals surface area contributed by atoms with E-state index in [9.17, 15) is 27.9 Å². The predicted octanol–water partition coefficient (Wildman–Crippen LogP) is 3.53. The average molecular weight is 541 g/mol. The summed E-state index contributed by atoms with van der Waals surface area (Å²) in [6.07, 6.45) is -3.52. The first-order chi connectivity index (χ1) is 18.0. The normalized spacial score (nSPS) is 22.5. The Morgan fingerprint density at radius 2 is 1.92 bits per heavy atom. The van der Waals surface area contributed by atoms with E-state index in [0.717, 1.165) is 12.1 Å². The lowest BCUT2D eigenvalue weighted by Gasteiger charge is -2.30. The fourth-order valence-electron chi connectivity index (χ4n) is 4.14. The number of esters is 1. The molecule has 1 aromatic heterocycles. The predicted molar refractivity (Wildman–Crippen MR) is 129 cm³/mol. The molecule has 12 heteroatoms. The summed E-state index contributed by atoms with van der Waals surface area (Å²) in [6, 6.07) is 5.00. The number of alkyl halides is 3. The summed E-state index contributed by atoms with van der Waals surface area (Å²) in [7, 11) is 1.32. The number of aromatic nitrogens is 1. The smallest absolute Gasteiger partial charge is 0.416 e. The van der Waals surface area contributed by atoms with Crippen LogP contribution in [0.5, 0.6) is 11.5 Å². The molecule has 1 saturated heterocycles. The number of cyclic esters (lactones) is 1. The Labute approximate surface area is 218 Å². The van der Waals surface area contributed by atoms with Gasteiger partial charge in [-0.15, -0.1) is 0 Å². The molecular weight excluding hydrogens is 509 g/mol. The van der Waals surface area contributed by atoms with Crippen LogP contribution >= 0.6 is 0 Å². The van der Waals surface area contributed by atoms with Crippen molar-refractivity contribution >= 4 is 11.9 Å². The van der Waals surface area contributed by atoms with Gasteiger partial charge in [0.25, 0.3) is 5.91 Å². The third kappa shape index (κ3) is 7.35. The van der Waals surface area contributed by atoms with E-state index in [1.54, 1.807) is 6.92 Å². The van der Waals surface area contributed by atoms with E-state index in [0.29, 0.717) is 25.0 Å². The van der Waals surface area contributed by atoms with Crippen molar-refractivity contribution in [3.05, 3.63) is 53.3 Å². The zero-order valence-electron chi connectivity index (χ0n) is 21.3. The third-order valence-corrected chi connectivity index (χ3v) is 6.05. The number of nitrogens with zero attached hydrogens (tertiary/aromatic N) is 1. The van der Waals surface area contributed by atoms with Gasteiger partial charge in [0.1, 0.15) is 6.10 Å². The Bertz CT molecular complexity index is 1100. The summed E-state index contributed by atoms with van der Waals surface area (Å²) < 4.78 is 61.3. The van der Waals surface area contributed by atoms with Crippen LogP contribution in [0.1, 0.15) is 41.9 Å². The number of hydrogen-bond acceptors (Lipinski definition) is 8. The first kappa shape index (κ1) is 29.2. The second-order valence-electron chi connectivity index (χ2n) is 8.91. The van der Waals surface area contributed by atoms with Crippen LogP contribution < -0.4 is 10.1 Å². The molecular formula is C26H31F3N2O7. The van der Waals surface area contributed by atoms with Gasteiger partial charge in [-0.25, -0.2) is 9.78 Å². The Kier molecular flexibility index (Phi) is 9.92. The Hall–Kier alpha value is -3.38. The minimum Gasteiger partial charge on any atom is -0.503 e. The number of nitrogens with one attached hydrogen (secondary N) is 1. The Morgan fingerprint density at radius 3 is 2.55 bits per heavy atom. The van der Waals surface area contributed by atoms with Gasteiger partial charge in [0.05, 0.1) is 32.0 Å². The highest BCUT2D eigenvalue weighted by atomic mass is 19.4. The van der Waals surface area contributed by atoms with Gasteiger partial charge in [-0.05, 0) is 37.5 Å². The van der Waals surface area contributed by atoms with Crippen LogP contribution in [-0.4, -0.2) is 67.1 Å². The van der Waals surface area contributed by atoms with Crippen LogP contribution in [0.4, 0.5) is 13.2 Å². The lowest BCUT2D eigenvalue weighted by molar-refractivity contribution is -0.160.